The van der Waals surface area contributed by atoms with Crippen molar-refractivity contribution in [3.05, 3.63) is 84.4 Å². The van der Waals surface area contributed by atoms with Crippen LogP contribution in [0.2, 0.25) is 0 Å². The van der Waals surface area contributed by atoms with Crippen LogP contribution in [0.3, 0.4) is 0 Å². The first-order chi connectivity index (χ1) is 15.1. The van der Waals surface area contributed by atoms with Crippen molar-refractivity contribution in [3.63, 3.8) is 0 Å². The van der Waals surface area contributed by atoms with E-state index in [9.17, 15) is 5.11 Å². The van der Waals surface area contributed by atoms with Crippen molar-refractivity contribution in [2.24, 2.45) is 0 Å². The lowest BCUT2D eigenvalue weighted by Crippen LogP contribution is -2.07. The number of hydrogen-bond donors (Lipinski definition) is 1. The van der Waals surface area contributed by atoms with Gasteiger partial charge in [-0.2, -0.15) is 0 Å². The molecule has 0 spiro atoms. The summed E-state index contributed by atoms with van der Waals surface area (Å²) >= 11 is 0. The van der Waals surface area contributed by atoms with Crippen LogP contribution >= 0.6 is 0 Å². The van der Waals surface area contributed by atoms with E-state index in [2.05, 4.69) is 49.0 Å². The Labute approximate surface area is 183 Å². The van der Waals surface area contributed by atoms with Crippen LogP contribution in [0.1, 0.15) is 18.1 Å². The highest BCUT2D eigenvalue weighted by molar-refractivity contribution is 6.10. The van der Waals surface area contributed by atoms with Crippen LogP contribution in [0.4, 0.5) is 0 Å². The molecule has 3 nitrogen and oxygen atoms in total. The van der Waals surface area contributed by atoms with E-state index in [-0.39, 0.29) is 0 Å². The molecule has 0 aliphatic rings. The normalized spacial score (nSPS) is 12.1. The van der Waals surface area contributed by atoms with Crippen molar-refractivity contribution < 1.29 is 14.6 Å². The minimum absolute atomic E-state index is 0.478. The zero-order valence-corrected chi connectivity index (χ0v) is 18.3. The van der Waals surface area contributed by atoms with E-state index in [1.807, 2.05) is 24.3 Å². The van der Waals surface area contributed by atoms with E-state index in [1.165, 1.54) is 0 Å². The summed E-state index contributed by atoms with van der Waals surface area (Å²) in [4.78, 5) is 0. The van der Waals surface area contributed by atoms with Gasteiger partial charge in [-0.3, -0.25) is 0 Å². The largest absolute Gasteiger partial charge is 0.496 e. The summed E-state index contributed by atoms with van der Waals surface area (Å²) in [6, 6.07) is 20.9. The Morgan fingerprint density at radius 3 is 1.81 bits per heavy atom. The predicted molar refractivity (Wildman–Crippen MR) is 129 cm³/mol. The third-order valence-electron chi connectivity index (χ3n) is 5.69. The molecular formula is C28H28O3. The third-order valence-corrected chi connectivity index (χ3v) is 5.69. The minimum atomic E-state index is -0.478. The van der Waals surface area contributed by atoms with Gasteiger partial charge in [0, 0.05) is 17.5 Å². The number of allylic oxidation sites excluding steroid dienone is 1. The van der Waals surface area contributed by atoms with Crippen molar-refractivity contribution in [2.75, 3.05) is 14.2 Å². The lowest BCUT2D eigenvalue weighted by molar-refractivity contribution is 0.194. The summed E-state index contributed by atoms with van der Waals surface area (Å²) in [7, 11) is 3.41. The molecule has 158 valence electrons. The van der Waals surface area contributed by atoms with Crippen LogP contribution in [-0.2, 0) is 12.8 Å². The van der Waals surface area contributed by atoms with E-state index < -0.39 is 6.10 Å². The Balaban J connectivity index is 2.22. The highest BCUT2D eigenvalue weighted by Gasteiger charge is 2.23. The second-order valence-electron chi connectivity index (χ2n) is 7.88. The van der Waals surface area contributed by atoms with Crippen molar-refractivity contribution >= 4 is 21.5 Å². The summed E-state index contributed by atoms with van der Waals surface area (Å²) in [5.41, 5.74) is 4.07. The van der Waals surface area contributed by atoms with E-state index in [0.717, 1.165) is 55.3 Å². The average molecular weight is 413 g/mol. The molecule has 0 saturated carbocycles. The first kappa shape index (κ1) is 21.0. The highest BCUT2D eigenvalue weighted by Crippen LogP contribution is 2.48. The molecule has 4 rings (SSSR count). The highest BCUT2D eigenvalue weighted by atomic mass is 16.5. The second kappa shape index (κ2) is 8.83. The number of fused-ring (bicyclic) bond motifs is 2. The van der Waals surface area contributed by atoms with E-state index in [4.69, 9.17) is 9.47 Å². The van der Waals surface area contributed by atoms with E-state index in [0.29, 0.717) is 12.8 Å². The minimum Gasteiger partial charge on any atom is -0.496 e. The molecule has 0 radical (unpaired) electrons. The molecule has 4 aromatic rings. The van der Waals surface area contributed by atoms with Crippen LogP contribution in [0, 0.1) is 0 Å². The Morgan fingerprint density at radius 1 is 0.839 bits per heavy atom. The lowest BCUT2D eigenvalue weighted by Gasteiger charge is -2.22. The molecule has 4 aromatic carbocycles. The van der Waals surface area contributed by atoms with Crippen molar-refractivity contribution in [3.8, 4) is 22.6 Å². The third kappa shape index (κ3) is 3.77. The molecule has 0 saturated heterocycles. The van der Waals surface area contributed by atoms with Gasteiger partial charge in [-0.1, -0.05) is 54.6 Å². The maximum Gasteiger partial charge on any atom is 0.130 e. The van der Waals surface area contributed by atoms with Crippen LogP contribution < -0.4 is 9.47 Å². The van der Waals surface area contributed by atoms with Gasteiger partial charge in [0.1, 0.15) is 11.5 Å². The number of aliphatic hydroxyl groups excluding tert-OH is 1. The summed E-state index contributed by atoms with van der Waals surface area (Å²) in [5, 5.41) is 14.6. The monoisotopic (exact) mass is 412 g/mol. The first-order valence-corrected chi connectivity index (χ1v) is 10.6. The Kier molecular flexibility index (Phi) is 5.97. The van der Waals surface area contributed by atoms with Crippen LogP contribution in [-0.4, -0.2) is 25.4 Å². The average Bonchev–Trinajstić information content (AvgIpc) is 2.77. The smallest absolute Gasteiger partial charge is 0.130 e. The molecule has 0 aliphatic heterocycles. The molecule has 0 amide bonds. The van der Waals surface area contributed by atoms with Gasteiger partial charge in [-0.25, -0.2) is 0 Å². The quantitative estimate of drug-likeness (QED) is 0.361. The summed E-state index contributed by atoms with van der Waals surface area (Å²) in [6.45, 7) is 5.74. The van der Waals surface area contributed by atoms with Crippen molar-refractivity contribution in [1.29, 1.82) is 0 Å². The van der Waals surface area contributed by atoms with E-state index in [1.54, 1.807) is 21.1 Å². The molecule has 31 heavy (non-hydrogen) atoms. The molecule has 1 atom stereocenters. The molecule has 0 heterocycles. The van der Waals surface area contributed by atoms with Gasteiger partial charge >= 0.3 is 0 Å². The van der Waals surface area contributed by atoms with Gasteiger partial charge in [-0.05, 0) is 58.1 Å². The van der Waals surface area contributed by atoms with Crippen LogP contribution in [0.25, 0.3) is 32.7 Å². The number of hydrogen-bond acceptors (Lipinski definition) is 3. The molecule has 3 heteroatoms. The Bertz CT molecular complexity index is 1250. The Hall–Kier alpha value is -3.30. The molecule has 0 bridgehead atoms. The number of methoxy groups -OCH3 is 2. The zero-order valence-electron chi connectivity index (χ0n) is 18.3. The van der Waals surface area contributed by atoms with Crippen molar-refractivity contribution in [1.82, 2.24) is 0 Å². The van der Waals surface area contributed by atoms with Gasteiger partial charge in [0.15, 0.2) is 0 Å². The lowest BCUT2D eigenvalue weighted by atomic mass is 9.87. The topological polar surface area (TPSA) is 38.7 Å². The fourth-order valence-electron chi connectivity index (χ4n) is 4.51. The summed E-state index contributed by atoms with van der Waals surface area (Å²) < 4.78 is 12.0. The molecule has 0 aromatic heterocycles. The van der Waals surface area contributed by atoms with Gasteiger partial charge in [0.2, 0.25) is 0 Å². The van der Waals surface area contributed by atoms with Gasteiger partial charge in [-0.15, -0.1) is 6.58 Å². The molecular weight excluding hydrogens is 384 g/mol. The number of ether oxygens (including phenoxy) is 2. The zero-order chi connectivity index (χ0) is 22.0. The summed E-state index contributed by atoms with van der Waals surface area (Å²) in [5.74, 6) is 1.61. The molecule has 1 N–H and O–H groups in total. The summed E-state index contributed by atoms with van der Waals surface area (Å²) in [6.07, 6.45) is 2.63. The number of rotatable bonds is 7. The molecule has 1 unspecified atom stereocenters. The predicted octanol–water partition coefficient (Wildman–Crippen LogP) is 6.33. The fraction of sp³-hybridized carbons (Fsp3) is 0.214. The number of aliphatic hydroxyl groups is 1. The van der Waals surface area contributed by atoms with Gasteiger partial charge in [0.25, 0.3) is 0 Å². The van der Waals surface area contributed by atoms with Gasteiger partial charge < -0.3 is 14.6 Å². The van der Waals surface area contributed by atoms with Crippen LogP contribution in [0.15, 0.2) is 73.3 Å². The van der Waals surface area contributed by atoms with Crippen LogP contribution in [0.5, 0.6) is 11.5 Å². The van der Waals surface area contributed by atoms with Gasteiger partial charge in [0.05, 0.1) is 20.3 Å². The maximum absolute atomic E-state index is 10.2. The second-order valence-corrected chi connectivity index (χ2v) is 7.88. The standard InChI is InChI=1S/C28H28O3/c1-5-10-21-16-19-11-6-8-13-23(19)25(27(21)30-3)26-24-14-9-7-12-20(24)17-22(15-18(2)29)28(26)31-4/h5-9,11-14,16-18,29H,1,10,15H2,2-4H3. The van der Waals surface area contributed by atoms with Crippen molar-refractivity contribution in [2.45, 2.75) is 25.9 Å². The molecule has 0 fully saturated rings. The van der Waals surface area contributed by atoms with E-state index >= 15 is 0 Å². The first-order valence-electron chi connectivity index (χ1n) is 10.6. The fourth-order valence-corrected chi connectivity index (χ4v) is 4.51. The Morgan fingerprint density at radius 2 is 1.32 bits per heavy atom. The number of benzene rings is 4. The molecule has 0 aliphatic carbocycles. The maximum atomic E-state index is 10.2. The SMILES string of the molecule is C=CCc1cc2ccccc2c(-c2c(OC)c(CC(C)O)cc3ccccc23)c1OC.